The Kier molecular flexibility index (Phi) is 3.96. The molecule has 1 heterocycles. The van der Waals surface area contributed by atoms with Crippen molar-refractivity contribution in [3.63, 3.8) is 0 Å². The van der Waals surface area contributed by atoms with Crippen LogP contribution in [0.3, 0.4) is 0 Å². The lowest BCUT2D eigenvalue weighted by molar-refractivity contribution is -0.385. The van der Waals surface area contributed by atoms with E-state index >= 15 is 0 Å². The minimum absolute atomic E-state index is 0.258. The Balaban J connectivity index is 2.34. The average molecular weight is 269 g/mol. The zero-order chi connectivity index (χ0) is 14.0. The molecule has 7 heteroatoms. The number of non-ortho nitro benzene ring substituents is 1. The molecule has 1 aromatic rings. The summed E-state index contributed by atoms with van der Waals surface area (Å²) in [4.78, 5) is 12.1. The molecule has 2 rings (SSSR count). The number of phenolic OH excluding ortho intramolecular Hbond substituents is 1. The Morgan fingerprint density at radius 1 is 1.47 bits per heavy atom. The van der Waals surface area contributed by atoms with Gasteiger partial charge in [-0.2, -0.15) is 0 Å². The van der Waals surface area contributed by atoms with Crippen molar-refractivity contribution in [1.82, 2.24) is 10.2 Å². The molecule has 0 unspecified atom stereocenters. The second-order valence-corrected chi connectivity index (χ2v) is 4.58. The van der Waals surface area contributed by atoms with Gasteiger partial charge in [-0.05, 0) is 6.92 Å². The quantitative estimate of drug-likeness (QED) is 0.640. The van der Waals surface area contributed by atoms with Gasteiger partial charge in [0.15, 0.2) is 11.6 Å². The van der Waals surface area contributed by atoms with E-state index in [9.17, 15) is 19.6 Å². The second kappa shape index (κ2) is 5.50. The predicted octanol–water partition coefficient (Wildman–Crippen LogP) is 1.41. The maximum Gasteiger partial charge on any atom is 0.272 e. The molecule has 1 atom stereocenters. The first-order valence-electron chi connectivity index (χ1n) is 6.12. The number of nitrogens with one attached hydrogen (secondary N) is 1. The molecule has 0 spiro atoms. The fourth-order valence-corrected chi connectivity index (χ4v) is 2.30. The average Bonchev–Trinajstić information content (AvgIpc) is 2.41. The van der Waals surface area contributed by atoms with Gasteiger partial charge in [0.25, 0.3) is 5.69 Å². The van der Waals surface area contributed by atoms with E-state index in [-0.39, 0.29) is 17.3 Å². The zero-order valence-corrected chi connectivity index (χ0v) is 10.6. The lowest BCUT2D eigenvalue weighted by Gasteiger charge is -2.33. The van der Waals surface area contributed by atoms with Crippen LogP contribution in [-0.4, -0.2) is 41.1 Å². The van der Waals surface area contributed by atoms with E-state index in [4.69, 9.17) is 0 Å². The summed E-state index contributed by atoms with van der Waals surface area (Å²) in [5, 5.41) is 23.7. The largest absolute Gasteiger partial charge is 0.505 e. The minimum atomic E-state index is -0.953. The maximum absolute atomic E-state index is 13.5. The van der Waals surface area contributed by atoms with E-state index in [1.807, 2.05) is 6.92 Å². The number of halogens is 1. The van der Waals surface area contributed by atoms with Crippen LogP contribution in [0.1, 0.15) is 18.5 Å². The molecule has 1 aromatic carbocycles. The highest BCUT2D eigenvalue weighted by Crippen LogP contribution is 2.34. The van der Waals surface area contributed by atoms with Crippen molar-refractivity contribution in [3.05, 3.63) is 33.6 Å². The molecule has 0 amide bonds. The summed E-state index contributed by atoms with van der Waals surface area (Å²) in [6, 6.07) is 1.71. The molecule has 104 valence electrons. The van der Waals surface area contributed by atoms with Gasteiger partial charge in [-0.3, -0.25) is 15.0 Å². The number of nitro benzene ring substituents is 1. The third-order valence-electron chi connectivity index (χ3n) is 3.44. The first-order chi connectivity index (χ1) is 9.00. The summed E-state index contributed by atoms with van der Waals surface area (Å²) in [6.07, 6.45) is 0. The topological polar surface area (TPSA) is 78.6 Å². The fourth-order valence-electron chi connectivity index (χ4n) is 2.30. The number of nitro groups is 1. The standard InChI is InChI=1S/C12H16FN3O3/c1-8(15-4-2-14-3-5-15)10-6-9(16(18)19)7-11(13)12(10)17/h6-8,14,17H,2-5H2,1H3/t8-/m1/s1. The third kappa shape index (κ3) is 2.82. The number of phenols is 1. The summed E-state index contributed by atoms with van der Waals surface area (Å²) in [5.74, 6) is -1.46. The first kappa shape index (κ1) is 13.7. The molecule has 1 aliphatic heterocycles. The Hall–Kier alpha value is -1.73. The van der Waals surface area contributed by atoms with E-state index in [1.54, 1.807) is 0 Å². The van der Waals surface area contributed by atoms with Crippen molar-refractivity contribution >= 4 is 5.69 Å². The van der Waals surface area contributed by atoms with Gasteiger partial charge in [0.05, 0.1) is 11.0 Å². The van der Waals surface area contributed by atoms with Crippen LogP contribution in [0.2, 0.25) is 0 Å². The predicted molar refractivity (Wildman–Crippen MR) is 67.6 cm³/mol. The van der Waals surface area contributed by atoms with Crippen LogP contribution >= 0.6 is 0 Å². The summed E-state index contributed by atoms with van der Waals surface area (Å²) in [5.41, 5.74) is -0.0825. The molecule has 0 aromatic heterocycles. The molecule has 1 fully saturated rings. The van der Waals surface area contributed by atoms with E-state index in [2.05, 4.69) is 10.2 Å². The van der Waals surface area contributed by atoms with E-state index in [1.165, 1.54) is 6.07 Å². The number of nitrogens with zero attached hydrogens (tertiary/aromatic N) is 2. The fraction of sp³-hybridized carbons (Fsp3) is 0.500. The van der Waals surface area contributed by atoms with Crippen LogP contribution in [0.5, 0.6) is 5.75 Å². The Morgan fingerprint density at radius 2 is 2.11 bits per heavy atom. The van der Waals surface area contributed by atoms with Gasteiger partial charge in [0.2, 0.25) is 0 Å². The number of rotatable bonds is 3. The number of benzene rings is 1. The molecule has 1 aliphatic rings. The SMILES string of the molecule is C[C@H](c1cc([N+](=O)[O-])cc(F)c1O)N1CCNCC1. The van der Waals surface area contributed by atoms with E-state index in [0.717, 1.165) is 32.2 Å². The van der Waals surface area contributed by atoms with Gasteiger partial charge in [-0.25, -0.2) is 4.39 Å². The molecule has 0 aliphatic carbocycles. The van der Waals surface area contributed by atoms with Crippen LogP contribution in [-0.2, 0) is 0 Å². The summed E-state index contributed by atoms with van der Waals surface area (Å²) >= 11 is 0. The van der Waals surface area contributed by atoms with Crippen LogP contribution in [0.15, 0.2) is 12.1 Å². The van der Waals surface area contributed by atoms with Gasteiger partial charge < -0.3 is 10.4 Å². The Morgan fingerprint density at radius 3 is 2.68 bits per heavy atom. The van der Waals surface area contributed by atoms with Crippen molar-refractivity contribution < 1.29 is 14.4 Å². The molecule has 2 N–H and O–H groups in total. The Labute approximate surface area is 110 Å². The van der Waals surface area contributed by atoms with Crippen molar-refractivity contribution in [2.24, 2.45) is 0 Å². The molecule has 6 nitrogen and oxygen atoms in total. The number of aromatic hydroxyl groups is 1. The highest BCUT2D eigenvalue weighted by Gasteiger charge is 2.25. The van der Waals surface area contributed by atoms with Crippen LogP contribution in [0.4, 0.5) is 10.1 Å². The number of hydrogen-bond donors (Lipinski definition) is 2. The third-order valence-corrected chi connectivity index (χ3v) is 3.44. The van der Waals surface area contributed by atoms with Crippen LogP contribution in [0.25, 0.3) is 0 Å². The van der Waals surface area contributed by atoms with Gasteiger partial charge in [0.1, 0.15) is 0 Å². The monoisotopic (exact) mass is 269 g/mol. The van der Waals surface area contributed by atoms with Gasteiger partial charge in [-0.1, -0.05) is 0 Å². The lowest BCUT2D eigenvalue weighted by Crippen LogP contribution is -2.44. The number of hydrogen-bond acceptors (Lipinski definition) is 5. The van der Waals surface area contributed by atoms with Gasteiger partial charge >= 0.3 is 0 Å². The van der Waals surface area contributed by atoms with Gasteiger partial charge in [-0.15, -0.1) is 0 Å². The second-order valence-electron chi connectivity index (χ2n) is 4.58. The molecule has 0 saturated carbocycles. The van der Waals surface area contributed by atoms with Crippen molar-refractivity contribution in [2.75, 3.05) is 26.2 Å². The summed E-state index contributed by atoms with van der Waals surface area (Å²) < 4.78 is 13.5. The highest BCUT2D eigenvalue weighted by molar-refractivity contribution is 5.45. The number of piperazine rings is 1. The van der Waals surface area contributed by atoms with Crippen LogP contribution in [0, 0.1) is 15.9 Å². The zero-order valence-electron chi connectivity index (χ0n) is 10.6. The highest BCUT2D eigenvalue weighted by atomic mass is 19.1. The van der Waals surface area contributed by atoms with Crippen LogP contribution < -0.4 is 5.32 Å². The smallest absolute Gasteiger partial charge is 0.272 e. The molecule has 0 radical (unpaired) electrons. The maximum atomic E-state index is 13.5. The molecule has 0 bridgehead atoms. The minimum Gasteiger partial charge on any atom is -0.505 e. The first-order valence-corrected chi connectivity index (χ1v) is 6.12. The summed E-state index contributed by atoms with van der Waals surface area (Å²) in [7, 11) is 0. The van der Waals surface area contributed by atoms with E-state index in [0.29, 0.717) is 0 Å². The van der Waals surface area contributed by atoms with Gasteiger partial charge in [0, 0.05) is 43.9 Å². The Bertz CT molecular complexity index is 489. The summed E-state index contributed by atoms with van der Waals surface area (Å²) in [6.45, 7) is 4.93. The van der Waals surface area contributed by atoms with Crippen molar-refractivity contribution in [2.45, 2.75) is 13.0 Å². The molecular formula is C12H16FN3O3. The van der Waals surface area contributed by atoms with E-state index < -0.39 is 16.5 Å². The molecular weight excluding hydrogens is 253 g/mol. The van der Waals surface area contributed by atoms with Crippen molar-refractivity contribution in [3.8, 4) is 5.75 Å². The normalized spacial score (nSPS) is 18.2. The van der Waals surface area contributed by atoms with Crippen molar-refractivity contribution in [1.29, 1.82) is 0 Å². The lowest BCUT2D eigenvalue weighted by atomic mass is 10.0. The molecule has 1 saturated heterocycles. The molecule has 19 heavy (non-hydrogen) atoms.